The van der Waals surface area contributed by atoms with E-state index in [2.05, 4.69) is 15.9 Å². The topological polar surface area (TPSA) is 63.4 Å². The normalized spacial score (nSPS) is 11.4. The third-order valence-electron chi connectivity index (χ3n) is 2.86. The van der Waals surface area contributed by atoms with Crippen LogP contribution in [0, 0.1) is 11.6 Å². The Labute approximate surface area is 129 Å². The number of nitrogen functional groups attached to an aromatic ring is 1. The van der Waals surface area contributed by atoms with Crippen LogP contribution in [0.3, 0.4) is 0 Å². The van der Waals surface area contributed by atoms with Gasteiger partial charge in [-0.15, -0.1) is 0 Å². The van der Waals surface area contributed by atoms with E-state index in [4.69, 9.17) is 5.73 Å². The molecule has 2 aromatic carbocycles. The summed E-state index contributed by atoms with van der Waals surface area (Å²) >= 11 is 3.20. The molecule has 2 rings (SSSR count). The zero-order chi connectivity index (χ0) is 15.8. The first-order valence-electron chi connectivity index (χ1n) is 5.72. The Balaban J connectivity index is 2.55. The predicted octanol–water partition coefficient (Wildman–Crippen LogP) is 3.13. The van der Waals surface area contributed by atoms with Crippen molar-refractivity contribution in [3.05, 3.63) is 52.5 Å². The number of nitrogens with zero attached hydrogens (tertiary/aromatic N) is 1. The van der Waals surface area contributed by atoms with E-state index in [1.807, 2.05) is 0 Å². The van der Waals surface area contributed by atoms with Crippen molar-refractivity contribution in [3.63, 3.8) is 0 Å². The second-order valence-electron chi connectivity index (χ2n) is 4.25. The summed E-state index contributed by atoms with van der Waals surface area (Å²) in [6.45, 7) is 0. The zero-order valence-corrected chi connectivity index (χ0v) is 13.2. The molecular formula is C13H11BrF2N2O2S. The molecule has 0 aliphatic rings. The fourth-order valence-electron chi connectivity index (χ4n) is 1.76. The maximum atomic E-state index is 13.7. The van der Waals surface area contributed by atoms with Crippen LogP contribution in [0.1, 0.15) is 0 Å². The lowest BCUT2D eigenvalue weighted by atomic mass is 10.3. The SMILES string of the molecule is CN(c1ccc(Br)cc1N)S(=O)(=O)c1cc(F)ccc1F. The van der Waals surface area contributed by atoms with Crippen LogP contribution in [0.25, 0.3) is 0 Å². The van der Waals surface area contributed by atoms with Crippen molar-refractivity contribution in [1.82, 2.24) is 0 Å². The van der Waals surface area contributed by atoms with Gasteiger partial charge in [0.25, 0.3) is 10.0 Å². The summed E-state index contributed by atoms with van der Waals surface area (Å²) < 4.78 is 53.2. The number of hydrogen-bond acceptors (Lipinski definition) is 3. The van der Waals surface area contributed by atoms with E-state index in [0.717, 1.165) is 16.4 Å². The van der Waals surface area contributed by atoms with Crippen LogP contribution < -0.4 is 10.0 Å². The summed E-state index contributed by atoms with van der Waals surface area (Å²) in [5, 5.41) is 0. The Hall–Kier alpha value is -1.67. The Morgan fingerprint density at radius 1 is 1.14 bits per heavy atom. The third-order valence-corrected chi connectivity index (χ3v) is 5.14. The standard InChI is InChI=1S/C13H11BrF2N2O2S/c1-18(12-5-2-8(14)6-11(12)17)21(19,20)13-7-9(15)3-4-10(13)16/h2-7H,17H2,1H3. The average Bonchev–Trinajstić information content (AvgIpc) is 2.40. The monoisotopic (exact) mass is 376 g/mol. The minimum atomic E-state index is -4.26. The Bertz CT molecular complexity index is 797. The highest BCUT2D eigenvalue weighted by Gasteiger charge is 2.26. The first-order chi connectivity index (χ1) is 9.73. The summed E-state index contributed by atoms with van der Waals surface area (Å²) in [6, 6.07) is 6.83. The zero-order valence-electron chi connectivity index (χ0n) is 10.8. The molecule has 8 heteroatoms. The molecule has 0 fully saturated rings. The number of nitrogens with two attached hydrogens (primary N) is 1. The molecule has 0 spiro atoms. The minimum Gasteiger partial charge on any atom is -0.397 e. The fourth-order valence-corrected chi connectivity index (χ4v) is 3.44. The largest absolute Gasteiger partial charge is 0.397 e. The van der Waals surface area contributed by atoms with E-state index >= 15 is 0 Å². The lowest BCUT2D eigenvalue weighted by Crippen LogP contribution is -2.28. The third kappa shape index (κ3) is 3.01. The molecule has 0 bridgehead atoms. The van der Waals surface area contributed by atoms with Gasteiger partial charge in [-0.1, -0.05) is 15.9 Å². The second-order valence-corrected chi connectivity index (χ2v) is 7.10. The molecule has 2 N–H and O–H groups in total. The molecule has 4 nitrogen and oxygen atoms in total. The summed E-state index contributed by atoms with van der Waals surface area (Å²) in [5.74, 6) is -1.87. The Morgan fingerprint density at radius 2 is 1.81 bits per heavy atom. The summed E-state index contributed by atoms with van der Waals surface area (Å²) in [6.07, 6.45) is 0. The molecule has 21 heavy (non-hydrogen) atoms. The lowest BCUT2D eigenvalue weighted by molar-refractivity contribution is 0.552. The van der Waals surface area contributed by atoms with Crippen LogP contribution >= 0.6 is 15.9 Å². The summed E-state index contributed by atoms with van der Waals surface area (Å²) in [5.41, 5.74) is 6.12. The molecule has 0 unspecified atom stereocenters. The molecule has 0 aliphatic heterocycles. The molecule has 0 heterocycles. The minimum absolute atomic E-state index is 0.168. The van der Waals surface area contributed by atoms with Crippen molar-refractivity contribution in [2.24, 2.45) is 0 Å². The number of anilines is 2. The second kappa shape index (κ2) is 5.61. The van der Waals surface area contributed by atoms with E-state index in [1.54, 1.807) is 6.07 Å². The van der Waals surface area contributed by atoms with Gasteiger partial charge in [-0.05, 0) is 36.4 Å². The Morgan fingerprint density at radius 3 is 2.43 bits per heavy atom. The summed E-state index contributed by atoms with van der Waals surface area (Å²) in [4.78, 5) is -0.743. The molecule has 0 saturated carbocycles. The average molecular weight is 377 g/mol. The molecule has 0 atom stereocenters. The van der Waals surface area contributed by atoms with E-state index in [-0.39, 0.29) is 11.4 Å². The van der Waals surface area contributed by atoms with Crippen molar-refractivity contribution >= 4 is 37.3 Å². The number of hydrogen-bond donors (Lipinski definition) is 1. The molecule has 0 amide bonds. The molecular weight excluding hydrogens is 366 g/mol. The van der Waals surface area contributed by atoms with Crippen LogP contribution in [0.2, 0.25) is 0 Å². The molecule has 2 aromatic rings. The van der Waals surface area contributed by atoms with E-state index in [1.165, 1.54) is 19.2 Å². The van der Waals surface area contributed by atoms with E-state index in [0.29, 0.717) is 10.5 Å². The van der Waals surface area contributed by atoms with Gasteiger partial charge in [0.2, 0.25) is 0 Å². The van der Waals surface area contributed by atoms with Crippen LogP contribution in [-0.2, 0) is 10.0 Å². The first-order valence-corrected chi connectivity index (χ1v) is 7.96. The molecule has 0 saturated heterocycles. The van der Waals surface area contributed by atoms with Crippen LogP contribution in [0.5, 0.6) is 0 Å². The van der Waals surface area contributed by atoms with Crippen LogP contribution in [-0.4, -0.2) is 15.5 Å². The number of halogens is 3. The van der Waals surface area contributed by atoms with Crippen molar-refractivity contribution < 1.29 is 17.2 Å². The van der Waals surface area contributed by atoms with Gasteiger partial charge in [0.1, 0.15) is 16.5 Å². The van der Waals surface area contributed by atoms with Gasteiger partial charge in [-0.2, -0.15) is 0 Å². The number of benzene rings is 2. The molecule has 0 radical (unpaired) electrons. The van der Waals surface area contributed by atoms with Gasteiger partial charge in [0, 0.05) is 11.5 Å². The van der Waals surface area contributed by atoms with Gasteiger partial charge in [-0.25, -0.2) is 17.2 Å². The van der Waals surface area contributed by atoms with Crippen molar-refractivity contribution in [2.45, 2.75) is 4.90 Å². The quantitative estimate of drug-likeness (QED) is 0.836. The highest BCUT2D eigenvalue weighted by atomic mass is 79.9. The molecule has 0 aromatic heterocycles. The Kier molecular flexibility index (Phi) is 4.20. The van der Waals surface area contributed by atoms with Gasteiger partial charge in [0.15, 0.2) is 0 Å². The van der Waals surface area contributed by atoms with Crippen molar-refractivity contribution in [2.75, 3.05) is 17.1 Å². The fraction of sp³-hybridized carbons (Fsp3) is 0.0769. The van der Waals surface area contributed by atoms with Gasteiger partial charge < -0.3 is 5.73 Å². The maximum Gasteiger partial charge on any atom is 0.267 e. The van der Waals surface area contributed by atoms with Gasteiger partial charge >= 0.3 is 0 Å². The highest BCUT2D eigenvalue weighted by Crippen LogP contribution is 2.30. The smallest absolute Gasteiger partial charge is 0.267 e. The lowest BCUT2D eigenvalue weighted by Gasteiger charge is -2.21. The maximum absolute atomic E-state index is 13.7. The van der Waals surface area contributed by atoms with Crippen LogP contribution in [0.4, 0.5) is 20.2 Å². The van der Waals surface area contributed by atoms with Crippen molar-refractivity contribution in [1.29, 1.82) is 0 Å². The number of sulfonamides is 1. The predicted molar refractivity (Wildman–Crippen MR) is 80.5 cm³/mol. The summed E-state index contributed by atoms with van der Waals surface area (Å²) in [7, 11) is -3.04. The molecule has 0 aliphatic carbocycles. The van der Waals surface area contributed by atoms with Crippen molar-refractivity contribution in [3.8, 4) is 0 Å². The van der Waals surface area contributed by atoms with Gasteiger partial charge in [0.05, 0.1) is 11.4 Å². The van der Waals surface area contributed by atoms with E-state index in [9.17, 15) is 17.2 Å². The number of rotatable bonds is 3. The highest BCUT2D eigenvalue weighted by molar-refractivity contribution is 9.10. The molecule has 112 valence electrons. The van der Waals surface area contributed by atoms with Gasteiger partial charge in [-0.3, -0.25) is 4.31 Å². The van der Waals surface area contributed by atoms with E-state index < -0.39 is 26.6 Å². The van der Waals surface area contributed by atoms with Crippen LogP contribution in [0.15, 0.2) is 45.8 Å². The first kappa shape index (κ1) is 15.7.